The number of nitrogens with one attached hydrogen (secondary N) is 1. The zero-order valence-corrected chi connectivity index (χ0v) is 19.7. The van der Waals surface area contributed by atoms with Gasteiger partial charge in [-0.25, -0.2) is 15.0 Å². The number of carbonyl (C=O) groups excluding carboxylic acids is 1. The van der Waals surface area contributed by atoms with Crippen LogP contribution in [0.15, 0.2) is 30.5 Å². The van der Waals surface area contributed by atoms with E-state index in [0.717, 1.165) is 61.4 Å². The molecule has 0 bridgehead atoms. The van der Waals surface area contributed by atoms with Crippen molar-refractivity contribution in [1.82, 2.24) is 15.0 Å². The van der Waals surface area contributed by atoms with Gasteiger partial charge in [0.2, 0.25) is 5.91 Å². The number of carbonyl (C=O) groups is 1. The summed E-state index contributed by atoms with van der Waals surface area (Å²) in [6, 6.07) is 7.45. The Morgan fingerprint density at radius 1 is 1.06 bits per heavy atom. The number of pyridine rings is 1. The molecule has 4 rings (SSSR count). The molecule has 3 aromatic rings. The van der Waals surface area contributed by atoms with E-state index in [1.165, 1.54) is 0 Å². The first-order valence-electron chi connectivity index (χ1n) is 11.5. The lowest BCUT2D eigenvalue weighted by Crippen LogP contribution is -2.38. The molecule has 0 aliphatic carbocycles. The molecule has 1 aromatic carbocycles. The predicted molar refractivity (Wildman–Crippen MR) is 129 cm³/mol. The van der Waals surface area contributed by atoms with Gasteiger partial charge in [0.1, 0.15) is 17.0 Å². The van der Waals surface area contributed by atoms with Gasteiger partial charge in [0.25, 0.3) is 0 Å². The summed E-state index contributed by atoms with van der Waals surface area (Å²) >= 11 is 0. The Kier molecular flexibility index (Phi) is 6.91. The third-order valence-electron chi connectivity index (χ3n) is 6.23. The number of piperidine rings is 1. The molecule has 0 unspecified atom stereocenters. The number of methoxy groups -OCH3 is 2. The average Bonchev–Trinajstić information content (AvgIpc) is 2.87. The van der Waals surface area contributed by atoms with E-state index in [1.807, 2.05) is 12.3 Å². The summed E-state index contributed by atoms with van der Waals surface area (Å²) in [5.74, 6) is 1.23. The summed E-state index contributed by atoms with van der Waals surface area (Å²) in [5, 5.41) is 3.02. The van der Waals surface area contributed by atoms with Crippen LogP contribution in [-0.4, -0.2) is 48.2 Å². The van der Waals surface area contributed by atoms with E-state index in [2.05, 4.69) is 40.1 Å². The monoisotopic (exact) mass is 449 g/mol. The number of hydrogen-bond donors (Lipinski definition) is 1. The zero-order chi connectivity index (χ0) is 23.4. The third-order valence-corrected chi connectivity index (χ3v) is 6.23. The van der Waals surface area contributed by atoms with Crippen molar-refractivity contribution in [2.75, 3.05) is 37.5 Å². The Morgan fingerprint density at radius 2 is 1.79 bits per heavy atom. The largest absolute Gasteiger partial charge is 0.497 e. The van der Waals surface area contributed by atoms with Crippen LogP contribution in [0.3, 0.4) is 0 Å². The highest BCUT2D eigenvalue weighted by Crippen LogP contribution is 2.31. The first kappa shape index (κ1) is 22.8. The van der Waals surface area contributed by atoms with E-state index < -0.39 is 0 Å². The van der Waals surface area contributed by atoms with Crippen molar-refractivity contribution in [2.45, 2.75) is 39.5 Å². The highest BCUT2D eigenvalue weighted by atomic mass is 16.5. The molecule has 8 heteroatoms. The molecule has 33 heavy (non-hydrogen) atoms. The molecule has 0 radical (unpaired) electrons. The smallest absolute Gasteiger partial charge is 0.227 e. The Labute approximate surface area is 194 Å². The highest BCUT2D eigenvalue weighted by Gasteiger charge is 2.26. The van der Waals surface area contributed by atoms with Crippen molar-refractivity contribution in [3.63, 3.8) is 0 Å². The molecule has 1 amide bonds. The quantitative estimate of drug-likeness (QED) is 0.583. The fourth-order valence-corrected chi connectivity index (χ4v) is 4.28. The van der Waals surface area contributed by atoms with Crippen molar-refractivity contribution in [1.29, 1.82) is 0 Å². The third kappa shape index (κ3) is 4.84. The van der Waals surface area contributed by atoms with Gasteiger partial charge in [0.05, 0.1) is 43.2 Å². The number of benzene rings is 1. The van der Waals surface area contributed by atoms with Gasteiger partial charge in [-0.3, -0.25) is 4.79 Å². The number of amides is 1. The second-order valence-electron chi connectivity index (χ2n) is 8.18. The summed E-state index contributed by atoms with van der Waals surface area (Å²) < 4.78 is 10.6. The molecule has 174 valence electrons. The Balaban J connectivity index is 1.42. The number of anilines is 2. The van der Waals surface area contributed by atoms with Gasteiger partial charge < -0.3 is 19.7 Å². The minimum atomic E-state index is -0.0555. The van der Waals surface area contributed by atoms with Crippen molar-refractivity contribution in [3.05, 3.63) is 41.9 Å². The number of fused-ring (bicyclic) bond motifs is 1. The minimum absolute atomic E-state index is 0.0142. The molecule has 1 saturated heterocycles. The van der Waals surface area contributed by atoms with Crippen LogP contribution in [-0.2, 0) is 17.6 Å². The minimum Gasteiger partial charge on any atom is -0.497 e. The van der Waals surface area contributed by atoms with Crippen LogP contribution in [0.4, 0.5) is 11.4 Å². The van der Waals surface area contributed by atoms with Crippen LogP contribution in [0.2, 0.25) is 0 Å². The van der Waals surface area contributed by atoms with E-state index in [4.69, 9.17) is 14.5 Å². The highest BCUT2D eigenvalue weighted by molar-refractivity contribution is 5.94. The van der Waals surface area contributed by atoms with Gasteiger partial charge in [0, 0.05) is 25.1 Å². The predicted octanol–water partition coefficient (Wildman–Crippen LogP) is 4.02. The summed E-state index contributed by atoms with van der Waals surface area (Å²) in [4.78, 5) is 29.2. The van der Waals surface area contributed by atoms with E-state index in [-0.39, 0.29) is 11.8 Å². The van der Waals surface area contributed by atoms with Gasteiger partial charge >= 0.3 is 0 Å². The molecule has 3 heterocycles. The number of ether oxygens (including phenoxy) is 2. The first-order chi connectivity index (χ1) is 16.1. The molecule has 8 nitrogen and oxygen atoms in total. The first-order valence-corrected chi connectivity index (χ1v) is 11.5. The van der Waals surface area contributed by atoms with Crippen LogP contribution >= 0.6 is 0 Å². The van der Waals surface area contributed by atoms with Crippen LogP contribution in [0.1, 0.15) is 38.1 Å². The maximum Gasteiger partial charge on any atom is 0.227 e. The number of rotatable bonds is 7. The Morgan fingerprint density at radius 3 is 2.45 bits per heavy atom. The summed E-state index contributed by atoms with van der Waals surface area (Å²) in [5.41, 5.74) is 5.25. The lowest BCUT2D eigenvalue weighted by atomic mass is 9.95. The molecule has 2 aromatic heterocycles. The van der Waals surface area contributed by atoms with Crippen molar-refractivity contribution >= 4 is 28.4 Å². The SMILES string of the molecule is CCc1nc2cc(N3CCC(C(=O)Nc4ccc(OC)cc4OC)CC3)cnc2nc1CC. The molecular weight excluding hydrogens is 418 g/mol. The topological polar surface area (TPSA) is 89.5 Å². The van der Waals surface area contributed by atoms with Crippen molar-refractivity contribution < 1.29 is 14.3 Å². The van der Waals surface area contributed by atoms with Gasteiger partial charge in [-0.05, 0) is 43.9 Å². The Hall–Kier alpha value is -3.42. The molecule has 1 fully saturated rings. The van der Waals surface area contributed by atoms with Gasteiger partial charge in [0.15, 0.2) is 5.65 Å². The fraction of sp³-hybridized carbons (Fsp3) is 0.440. The van der Waals surface area contributed by atoms with Crippen LogP contribution < -0.4 is 19.7 Å². The van der Waals surface area contributed by atoms with E-state index in [9.17, 15) is 4.79 Å². The van der Waals surface area contributed by atoms with Gasteiger partial charge in [-0.1, -0.05) is 13.8 Å². The molecular formula is C25H31N5O3. The van der Waals surface area contributed by atoms with Crippen LogP contribution in [0.25, 0.3) is 11.2 Å². The normalized spacial score (nSPS) is 14.4. The molecule has 0 saturated carbocycles. The van der Waals surface area contributed by atoms with E-state index in [1.54, 1.807) is 26.4 Å². The fourth-order valence-electron chi connectivity index (χ4n) is 4.28. The lowest BCUT2D eigenvalue weighted by molar-refractivity contribution is -0.120. The van der Waals surface area contributed by atoms with Crippen LogP contribution in [0, 0.1) is 5.92 Å². The van der Waals surface area contributed by atoms with Crippen molar-refractivity contribution in [2.24, 2.45) is 5.92 Å². The summed E-state index contributed by atoms with van der Waals surface area (Å²) in [6.07, 6.45) is 5.11. The van der Waals surface area contributed by atoms with Crippen molar-refractivity contribution in [3.8, 4) is 11.5 Å². The molecule has 1 N–H and O–H groups in total. The summed E-state index contributed by atoms with van der Waals surface area (Å²) in [6.45, 7) is 5.76. The van der Waals surface area contributed by atoms with Gasteiger partial charge in [-0.2, -0.15) is 0 Å². The molecule has 0 spiro atoms. The Bertz CT molecular complexity index is 1140. The molecule has 0 atom stereocenters. The maximum atomic E-state index is 12.9. The average molecular weight is 450 g/mol. The van der Waals surface area contributed by atoms with E-state index >= 15 is 0 Å². The molecule has 1 aliphatic rings. The van der Waals surface area contributed by atoms with Gasteiger partial charge in [-0.15, -0.1) is 0 Å². The number of aryl methyl sites for hydroxylation is 2. The lowest BCUT2D eigenvalue weighted by Gasteiger charge is -2.32. The second-order valence-corrected chi connectivity index (χ2v) is 8.18. The van der Waals surface area contributed by atoms with E-state index in [0.29, 0.717) is 22.8 Å². The summed E-state index contributed by atoms with van der Waals surface area (Å²) in [7, 11) is 3.18. The number of hydrogen-bond acceptors (Lipinski definition) is 7. The second kappa shape index (κ2) is 10.0. The maximum absolute atomic E-state index is 12.9. The number of aromatic nitrogens is 3. The zero-order valence-electron chi connectivity index (χ0n) is 19.7. The van der Waals surface area contributed by atoms with Crippen LogP contribution in [0.5, 0.6) is 11.5 Å². The standard InChI is InChI=1S/C25H31N5O3/c1-5-19-20(6-2)28-24-22(27-19)13-17(15-26-24)30-11-9-16(10-12-30)25(31)29-21-8-7-18(32-3)14-23(21)33-4/h7-8,13-16H,5-6,9-12H2,1-4H3,(H,29,31). The molecule has 1 aliphatic heterocycles. The number of nitrogens with zero attached hydrogens (tertiary/aromatic N) is 4.